The molecule has 7 aromatic carbocycles. The summed E-state index contributed by atoms with van der Waals surface area (Å²) < 4.78 is 0. The first-order valence-corrected chi connectivity index (χ1v) is 18.7. The summed E-state index contributed by atoms with van der Waals surface area (Å²) >= 11 is 0. The zero-order valence-corrected chi connectivity index (χ0v) is 31.1. The summed E-state index contributed by atoms with van der Waals surface area (Å²) in [5, 5.41) is 0. The molecule has 0 radical (unpaired) electrons. The van der Waals surface area contributed by atoms with E-state index >= 15 is 0 Å². The van der Waals surface area contributed by atoms with Crippen LogP contribution in [0.25, 0.3) is 78.7 Å². The molecule has 9 rings (SSSR count). The molecule has 0 spiro atoms. The minimum atomic E-state index is -0.124. The number of hydrogen-bond acceptors (Lipinski definition) is 3. The predicted octanol–water partition coefficient (Wildman–Crippen LogP) is 13.1. The van der Waals surface area contributed by atoms with Crippen molar-refractivity contribution in [3.05, 3.63) is 187 Å². The van der Waals surface area contributed by atoms with Gasteiger partial charge in [0.15, 0.2) is 17.5 Å². The van der Waals surface area contributed by atoms with Gasteiger partial charge < -0.3 is 0 Å². The van der Waals surface area contributed by atoms with E-state index in [1.54, 1.807) is 0 Å². The topological polar surface area (TPSA) is 38.7 Å². The molecule has 1 aromatic heterocycles. The summed E-state index contributed by atoms with van der Waals surface area (Å²) in [5.74, 6) is 1.96. The highest BCUT2D eigenvalue weighted by molar-refractivity contribution is 5.88. The maximum Gasteiger partial charge on any atom is 0.164 e. The van der Waals surface area contributed by atoms with E-state index in [4.69, 9.17) is 15.0 Å². The maximum atomic E-state index is 5.01. The average molecular weight is 696 g/mol. The fourth-order valence-electron chi connectivity index (χ4n) is 7.99. The Kier molecular flexibility index (Phi) is 8.16. The molecule has 3 nitrogen and oxygen atoms in total. The normalized spacial score (nSPS) is 13.9. The van der Waals surface area contributed by atoms with Crippen LogP contribution in [0.1, 0.15) is 38.8 Å². The van der Waals surface area contributed by atoms with Gasteiger partial charge in [0.05, 0.1) is 0 Å². The van der Waals surface area contributed by atoms with E-state index < -0.39 is 0 Å². The van der Waals surface area contributed by atoms with Crippen LogP contribution in [0.15, 0.2) is 176 Å². The number of rotatable bonds is 6. The largest absolute Gasteiger partial charge is 0.208 e. The van der Waals surface area contributed by atoms with Crippen molar-refractivity contribution in [1.82, 2.24) is 15.0 Å². The Morgan fingerprint density at radius 3 is 1.17 bits per heavy atom. The van der Waals surface area contributed by atoms with Gasteiger partial charge in [-0.25, -0.2) is 15.0 Å². The van der Waals surface area contributed by atoms with Gasteiger partial charge in [-0.2, -0.15) is 0 Å². The van der Waals surface area contributed by atoms with Crippen molar-refractivity contribution >= 4 is 0 Å². The molecule has 8 aromatic rings. The first-order valence-electron chi connectivity index (χ1n) is 18.7. The highest BCUT2D eigenvalue weighted by atomic mass is 15.0. The lowest BCUT2D eigenvalue weighted by molar-refractivity contribution is 0.299. The van der Waals surface area contributed by atoms with Crippen LogP contribution in [0.2, 0.25) is 0 Å². The summed E-state index contributed by atoms with van der Waals surface area (Å²) in [5.41, 5.74) is 15.2. The summed E-state index contributed by atoms with van der Waals surface area (Å²) in [6.45, 7) is 9.63. The molecule has 0 unspecified atom stereocenters. The molecule has 1 aliphatic carbocycles. The highest BCUT2D eigenvalue weighted by Crippen LogP contribution is 2.55. The van der Waals surface area contributed by atoms with Crippen molar-refractivity contribution in [1.29, 1.82) is 0 Å². The zero-order chi connectivity index (χ0) is 36.9. The Labute approximate surface area is 318 Å². The molecule has 0 bridgehead atoms. The zero-order valence-electron chi connectivity index (χ0n) is 31.1. The standard InChI is InChI=1S/C51H41N3/c1-50(2)45-32-37(34-17-8-5-9-18-34)27-29-43(45)44-30-28-39(33-46(44)51(50,3)4)42-26-15-14-25-41(42)38-23-16-24-40(31-38)49-53-47(35-19-10-6-11-20-35)52-48(54-49)36-21-12-7-13-22-36/h5-33H,1-4H3. The minimum Gasteiger partial charge on any atom is -0.208 e. The Balaban J connectivity index is 1.14. The number of fused-ring (bicyclic) bond motifs is 3. The van der Waals surface area contributed by atoms with Crippen molar-refractivity contribution < 1.29 is 0 Å². The average Bonchev–Trinajstić information content (AvgIpc) is 3.23. The monoisotopic (exact) mass is 695 g/mol. The quantitative estimate of drug-likeness (QED) is 0.174. The van der Waals surface area contributed by atoms with Crippen LogP contribution in [0.5, 0.6) is 0 Å². The van der Waals surface area contributed by atoms with Crippen LogP contribution >= 0.6 is 0 Å². The smallest absolute Gasteiger partial charge is 0.164 e. The van der Waals surface area contributed by atoms with Crippen molar-refractivity contribution in [3.63, 3.8) is 0 Å². The molecule has 260 valence electrons. The molecule has 0 amide bonds. The summed E-state index contributed by atoms with van der Waals surface area (Å²) in [7, 11) is 0. The summed E-state index contributed by atoms with van der Waals surface area (Å²) in [4.78, 5) is 14.9. The molecular formula is C51H41N3. The van der Waals surface area contributed by atoms with E-state index in [0.29, 0.717) is 17.5 Å². The molecule has 0 N–H and O–H groups in total. The number of benzene rings is 7. The van der Waals surface area contributed by atoms with E-state index in [1.165, 1.54) is 50.1 Å². The van der Waals surface area contributed by atoms with Gasteiger partial charge in [-0.15, -0.1) is 0 Å². The predicted molar refractivity (Wildman–Crippen MR) is 224 cm³/mol. The summed E-state index contributed by atoms with van der Waals surface area (Å²) in [6.07, 6.45) is 0. The lowest BCUT2D eigenvalue weighted by Crippen LogP contribution is -2.43. The van der Waals surface area contributed by atoms with Crippen LogP contribution in [0.3, 0.4) is 0 Å². The van der Waals surface area contributed by atoms with Crippen LogP contribution in [0, 0.1) is 0 Å². The molecule has 1 heterocycles. The number of hydrogen-bond donors (Lipinski definition) is 0. The third-order valence-corrected chi connectivity index (χ3v) is 11.7. The summed E-state index contributed by atoms with van der Waals surface area (Å²) in [6, 6.07) is 62.4. The first kappa shape index (κ1) is 33.4. The van der Waals surface area contributed by atoms with Gasteiger partial charge in [0, 0.05) is 16.7 Å². The van der Waals surface area contributed by atoms with E-state index in [9.17, 15) is 0 Å². The molecule has 0 atom stereocenters. The Morgan fingerprint density at radius 1 is 0.278 bits per heavy atom. The molecule has 3 heteroatoms. The second kappa shape index (κ2) is 13.2. The van der Waals surface area contributed by atoms with Crippen LogP contribution in [-0.2, 0) is 10.8 Å². The Morgan fingerprint density at radius 2 is 0.648 bits per heavy atom. The number of aromatic nitrogens is 3. The minimum absolute atomic E-state index is 0.103. The lowest BCUT2D eigenvalue weighted by Gasteiger charge is -2.48. The first-order chi connectivity index (χ1) is 26.3. The van der Waals surface area contributed by atoms with Crippen LogP contribution in [0.4, 0.5) is 0 Å². The van der Waals surface area contributed by atoms with Crippen molar-refractivity contribution in [3.8, 4) is 78.7 Å². The van der Waals surface area contributed by atoms with Gasteiger partial charge in [0.2, 0.25) is 0 Å². The third-order valence-electron chi connectivity index (χ3n) is 11.7. The second-order valence-electron chi connectivity index (χ2n) is 15.3. The van der Waals surface area contributed by atoms with Crippen LogP contribution in [-0.4, -0.2) is 15.0 Å². The van der Waals surface area contributed by atoms with Gasteiger partial charge in [-0.1, -0.05) is 185 Å². The highest BCUT2D eigenvalue weighted by Gasteiger charge is 2.46. The van der Waals surface area contributed by atoms with Crippen molar-refractivity contribution in [2.75, 3.05) is 0 Å². The molecule has 54 heavy (non-hydrogen) atoms. The van der Waals surface area contributed by atoms with Gasteiger partial charge in [0.1, 0.15) is 0 Å². The van der Waals surface area contributed by atoms with E-state index in [1.807, 2.05) is 60.7 Å². The van der Waals surface area contributed by atoms with Crippen molar-refractivity contribution in [2.45, 2.75) is 38.5 Å². The van der Waals surface area contributed by atoms with Gasteiger partial charge in [-0.05, 0) is 84.7 Å². The van der Waals surface area contributed by atoms with E-state index in [0.717, 1.165) is 22.3 Å². The Hall–Kier alpha value is -6.45. The van der Waals surface area contributed by atoms with Gasteiger partial charge in [0.25, 0.3) is 0 Å². The van der Waals surface area contributed by atoms with Crippen LogP contribution < -0.4 is 0 Å². The molecule has 1 aliphatic rings. The molecule has 0 saturated heterocycles. The van der Waals surface area contributed by atoms with Crippen molar-refractivity contribution in [2.24, 2.45) is 0 Å². The Bertz CT molecular complexity index is 2580. The fraction of sp³-hybridized carbons (Fsp3) is 0.118. The van der Waals surface area contributed by atoms with Gasteiger partial charge in [-0.3, -0.25) is 0 Å². The van der Waals surface area contributed by atoms with E-state index in [-0.39, 0.29) is 10.8 Å². The third kappa shape index (κ3) is 5.74. The number of nitrogens with zero attached hydrogens (tertiary/aromatic N) is 3. The fourth-order valence-corrected chi connectivity index (χ4v) is 7.99. The molecule has 0 fully saturated rings. The molecule has 0 saturated carbocycles. The molecular weight excluding hydrogens is 655 g/mol. The SMILES string of the molecule is CC1(C)c2cc(-c3ccccc3)ccc2-c2ccc(-c3ccccc3-c3cccc(-c4nc(-c5ccccc5)nc(-c5ccccc5)n4)c3)cc2C1(C)C. The second-order valence-corrected chi connectivity index (χ2v) is 15.3. The molecule has 0 aliphatic heterocycles. The van der Waals surface area contributed by atoms with E-state index in [2.05, 4.69) is 143 Å². The lowest BCUT2D eigenvalue weighted by atomic mass is 9.55. The maximum absolute atomic E-state index is 5.01. The van der Waals surface area contributed by atoms with Gasteiger partial charge >= 0.3 is 0 Å².